The lowest BCUT2D eigenvalue weighted by molar-refractivity contribution is -0.155. The van der Waals surface area contributed by atoms with Crippen LogP contribution in [0, 0.1) is 0 Å². The third-order valence-corrected chi connectivity index (χ3v) is 4.40. The number of aliphatic hydroxyl groups is 1. The molecular formula is C22H27NO5. The quantitative estimate of drug-likeness (QED) is 0.681. The Labute approximate surface area is 165 Å². The van der Waals surface area contributed by atoms with Gasteiger partial charge in [-0.15, -0.1) is 0 Å². The number of amides is 1. The minimum atomic E-state index is -2.01. The maximum atomic E-state index is 12.1. The first-order chi connectivity index (χ1) is 13.0. The summed E-state index contributed by atoms with van der Waals surface area (Å²) in [5.41, 5.74) is 0.587. The third kappa shape index (κ3) is 5.82. The standard InChI is InChI=1S/C22H27NO5/c1-21(2,3)17-9-11-18(12-10-17)28-13-15-5-7-16(8-6-15)19(24)23-14-22(4,27)20(25)26/h5-12,27H,13-14H2,1-4H3,(H,23,24)(H,25,26). The molecule has 28 heavy (non-hydrogen) atoms. The molecule has 2 aromatic carbocycles. The Morgan fingerprint density at radius 2 is 1.54 bits per heavy atom. The summed E-state index contributed by atoms with van der Waals surface area (Å²) in [5.74, 6) is -1.08. The molecule has 150 valence electrons. The van der Waals surface area contributed by atoms with Gasteiger partial charge in [-0.3, -0.25) is 4.79 Å². The maximum absolute atomic E-state index is 12.1. The van der Waals surface area contributed by atoms with E-state index in [0.29, 0.717) is 12.2 Å². The molecule has 0 radical (unpaired) electrons. The van der Waals surface area contributed by atoms with Crippen molar-refractivity contribution in [3.63, 3.8) is 0 Å². The van der Waals surface area contributed by atoms with Crippen molar-refractivity contribution >= 4 is 11.9 Å². The van der Waals surface area contributed by atoms with Gasteiger partial charge in [-0.2, -0.15) is 0 Å². The minimum Gasteiger partial charge on any atom is -0.489 e. The number of hydrogen-bond acceptors (Lipinski definition) is 4. The molecule has 0 bridgehead atoms. The fourth-order valence-electron chi connectivity index (χ4n) is 2.40. The van der Waals surface area contributed by atoms with E-state index in [1.165, 1.54) is 5.56 Å². The molecule has 1 amide bonds. The summed E-state index contributed by atoms with van der Waals surface area (Å²) in [7, 11) is 0. The first kappa shape index (κ1) is 21.4. The SMILES string of the molecule is CC(O)(CNC(=O)c1ccc(COc2ccc(C(C)(C)C)cc2)cc1)C(=O)O. The minimum absolute atomic E-state index is 0.0901. The second kappa shape index (κ2) is 8.44. The second-order valence-electron chi connectivity index (χ2n) is 8.02. The van der Waals surface area contributed by atoms with Gasteiger partial charge >= 0.3 is 5.97 Å². The molecule has 0 aliphatic carbocycles. The lowest BCUT2D eigenvalue weighted by atomic mass is 9.87. The summed E-state index contributed by atoms with van der Waals surface area (Å²) < 4.78 is 5.78. The number of carboxylic acids is 1. The molecule has 0 saturated carbocycles. The number of aliphatic carboxylic acids is 1. The Balaban J connectivity index is 1.90. The number of hydrogen-bond donors (Lipinski definition) is 3. The molecule has 1 unspecified atom stereocenters. The van der Waals surface area contributed by atoms with E-state index in [-0.39, 0.29) is 12.0 Å². The number of benzene rings is 2. The number of carbonyl (C=O) groups excluding carboxylic acids is 1. The molecule has 0 spiro atoms. The lowest BCUT2D eigenvalue weighted by Crippen LogP contribution is -2.46. The van der Waals surface area contributed by atoms with Gasteiger partial charge in [0.2, 0.25) is 0 Å². The summed E-state index contributed by atoms with van der Waals surface area (Å²) in [4.78, 5) is 22.9. The summed E-state index contributed by atoms with van der Waals surface area (Å²) in [6.07, 6.45) is 0. The molecule has 0 fully saturated rings. The fourth-order valence-corrected chi connectivity index (χ4v) is 2.40. The van der Waals surface area contributed by atoms with Crippen molar-refractivity contribution in [2.45, 2.75) is 45.3 Å². The number of nitrogens with one attached hydrogen (secondary N) is 1. The molecule has 0 aromatic heterocycles. The topological polar surface area (TPSA) is 95.9 Å². The predicted molar refractivity (Wildman–Crippen MR) is 107 cm³/mol. The molecule has 6 nitrogen and oxygen atoms in total. The zero-order chi connectivity index (χ0) is 20.9. The van der Waals surface area contributed by atoms with Crippen molar-refractivity contribution in [2.24, 2.45) is 0 Å². The van der Waals surface area contributed by atoms with Crippen LogP contribution >= 0.6 is 0 Å². The van der Waals surface area contributed by atoms with Crippen LogP contribution in [0.15, 0.2) is 48.5 Å². The van der Waals surface area contributed by atoms with E-state index < -0.39 is 17.5 Å². The first-order valence-corrected chi connectivity index (χ1v) is 9.05. The number of carboxylic acid groups (broad SMARTS) is 1. The van der Waals surface area contributed by atoms with E-state index >= 15 is 0 Å². The van der Waals surface area contributed by atoms with E-state index in [4.69, 9.17) is 9.84 Å². The van der Waals surface area contributed by atoms with Gasteiger partial charge in [0.1, 0.15) is 12.4 Å². The van der Waals surface area contributed by atoms with Crippen molar-refractivity contribution in [1.82, 2.24) is 5.32 Å². The molecule has 1 atom stereocenters. The average molecular weight is 385 g/mol. The summed E-state index contributed by atoms with van der Waals surface area (Å²) >= 11 is 0. The lowest BCUT2D eigenvalue weighted by Gasteiger charge is -2.19. The fraction of sp³-hybridized carbons (Fsp3) is 0.364. The van der Waals surface area contributed by atoms with Crippen LogP contribution in [0.1, 0.15) is 49.2 Å². The molecule has 0 aliphatic rings. The van der Waals surface area contributed by atoms with Crippen LogP contribution in [-0.2, 0) is 16.8 Å². The van der Waals surface area contributed by atoms with Crippen LogP contribution in [0.2, 0.25) is 0 Å². The first-order valence-electron chi connectivity index (χ1n) is 9.05. The number of ether oxygens (including phenoxy) is 1. The Morgan fingerprint density at radius 3 is 2.04 bits per heavy atom. The summed E-state index contributed by atoms with van der Waals surface area (Å²) in [6.45, 7) is 7.58. The van der Waals surface area contributed by atoms with Gasteiger partial charge in [-0.05, 0) is 47.7 Å². The van der Waals surface area contributed by atoms with Gasteiger partial charge < -0.3 is 20.3 Å². The van der Waals surface area contributed by atoms with Crippen molar-refractivity contribution in [3.05, 3.63) is 65.2 Å². The van der Waals surface area contributed by atoms with Crippen LogP contribution in [0.4, 0.5) is 0 Å². The van der Waals surface area contributed by atoms with Gasteiger partial charge in [0.25, 0.3) is 5.91 Å². The summed E-state index contributed by atoms with van der Waals surface area (Å²) in [5, 5.41) is 20.9. The van der Waals surface area contributed by atoms with Crippen LogP contribution in [0.25, 0.3) is 0 Å². The molecule has 0 aliphatic heterocycles. The smallest absolute Gasteiger partial charge is 0.337 e. The van der Waals surface area contributed by atoms with Gasteiger partial charge in [0.15, 0.2) is 5.60 Å². The second-order valence-corrected chi connectivity index (χ2v) is 8.02. The van der Waals surface area contributed by atoms with E-state index in [0.717, 1.165) is 18.2 Å². The molecule has 2 aromatic rings. The zero-order valence-corrected chi connectivity index (χ0v) is 16.7. The van der Waals surface area contributed by atoms with Crippen LogP contribution in [0.5, 0.6) is 5.75 Å². The predicted octanol–water partition coefficient (Wildman–Crippen LogP) is 3.13. The highest BCUT2D eigenvalue weighted by Crippen LogP contribution is 2.24. The van der Waals surface area contributed by atoms with E-state index in [9.17, 15) is 14.7 Å². The Kier molecular flexibility index (Phi) is 6.46. The van der Waals surface area contributed by atoms with Gasteiger partial charge in [-0.25, -0.2) is 4.79 Å². The van der Waals surface area contributed by atoms with Crippen molar-refractivity contribution < 1.29 is 24.5 Å². The molecule has 2 rings (SSSR count). The van der Waals surface area contributed by atoms with Crippen LogP contribution < -0.4 is 10.1 Å². The van der Waals surface area contributed by atoms with Crippen molar-refractivity contribution in [2.75, 3.05) is 6.54 Å². The number of rotatable bonds is 7. The summed E-state index contributed by atoms with van der Waals surface area (Å²) in [6, 6.07) is 14.8. The van der Waals surface area contributed by atoms with Gasteiger partial charge in [0, 0.05) is 5.56 Å². The van der Waals surface area contributed by atoms with E-state index in [1.807, 2.05) is 12.1 Å². The molecular weight excluding hydrogens is 358 g/mol. The van der Waals surface area contributed by atoms with E-state index in [1.54, 1.807) is 24.3 Å². The molecule has 0 saturated heterocycles. The molecule has 6 heteroatoms. The van der Waals surface area contributed by atoms with Crippen molar-refractivity contribution in [1.29, 1.82) is 0 Å². The highest BCUT2D eigenvalue weighted by molar-refractivity contribution is 5.94. The molecule has 3 N–H and O–H groups in total. The average Bonchev–Trinajstić information content (AvgIpc) is 2.64. The third-order valence-electron chi connectivity index (χ3n) is 4.40. The van der Waals surface area contributed by atoms with Gasteiger partial charge in [-0.1, -0.05) is 45.0 Å². The van der Waals surface area contributed by atoms with Gasteiger partial charge in [0.05, 0.1) is 6.54 Å². The number of carbonyl (C=O) groups is 2. The zero-order valence-electron chi connectivity index (χ0n) is 16.7. The van der Waals surface area contributed by atoms with Crippen LogP contribution in [-0.4, -0.2) is 34.2 Å². The highest BCUT2D eigenvalue weighted by atomic mass is 16.5. The monoisotopic (exact) mass is 385 g/mol. The maximum Gasteiger partial charge on any atom is 0.337 e. The highest BCUT2D eigenvalue weighted by Gasteiger charge is 2.30. The van der Waals surface area contributed by atoms with Crippen LogP contribution in [0.3, 0.4) is 0 Å². The largest absolute Gasteiger partial charge is 0.489 e. The van der Waals surface area contributed by atoms with E-state index in [2.05, 4.69) is 38.2 Å². The molecule has 0 heterocycles. The Bertz CT molecular complexity index is 818. The Morgan fingerprint density at radius 1 is 0.964 bits per heavy atom. The normalized spacial score (nSPS) is 13.5. The Hall–Kier alpha value is -2.86. The van der Waals surface area contributed by atoms with Crippen molar-refractivity contribution in [3.8, 4) is 5.75 Å².